The lowest BCUT2D eigenvalue weighted by Crippen LogP contribution is -2.56. The molecule has 2 atom stereocenters. The van der Waals surface area contributed by atoms with Crippen LogP contribution in [0.5, 0.6) is 5.75 Å². The van der Waals surface area contributed by atoms with Gasteiger partial charge in [-0.05, 0) is 30.3 Å². The number of benzene rings is 1. The van der Waals surface area contributed by atoms with Crippen LogP contribution in [0.25, 0.3) is 0 Å². The standard InChI is InChI=1S/C19H31FN2O5Si/c1-19(2,3)28(4,5)27-11-13-10-25-14(9-22(13)18(23)24)12-26-17-15(20)7-6-8-16(17)21/h6-8,13-14H,9-12,21H2,1-5H3,(H,23,24)/t13-,14-/m0/s1. The first kappa shape index (κ1) is 22.4. The van der Waals surface area contributed by atoms with Crippen LogP contribution in [0.15, 0.2) is 18.2 Å². The van der Waals surface area contributed by atoms with Gasteiger partial charge in [-0.25, -0.2) is 9.18 Å². The van der Waals surface area contributed by atoms with Crippen LogP contribution >= 0.6 is 0 Å². The molecule has 0 spiro atoms. The summed E-state index contributed by atoms with van der Waals surface area (Å²) in [7, 11) is -2.00. The first-order valence-corrected chi connectivity index (χ1v) is 12.2. The number of morpholine rings is 1. The summed E-state index contributed by atoms with van der Waals surface area (Å²) >= 11 is 0. The van der Waals surface area contributed by atoms with Crippen LogP contribution in [0, 0.1) is 5.82 Å². The fourth-order valence-electron chi connectivity index (χ4n) is 2.61. The Morgan fingerprint density at radius 1 is 1.39 bits per heavy atom. The van der Waals surface area contributed by atoms with E-state index >= 15 is 0 Å². The van der Waals surface area contributed by atoms with Crippen LogP contribution in [0.1, 0.15) is 20.8 Å². The summed E-state index contributed by atoms with van der Waals surface area (Å²) in [4.78, 5) is 13.0. The zero-order chi connectivity index (χ0) is 21.1. The van der Waals surface area contributed by atoms with E-state index in [1.165, 1.54) is 23.1 Å². The van der Waals surface area contributed by atoms with Crippen molar-refractivity contribution in [1.29, 1.82) is 0 Å². The number of hydrogen-bond acceptors (Lipinski definition) is 5. The largest absolute Gasteiger partial charge is 0.486 e. The normalized spacial score (nSPS) is 20.9. The van der Waals surface area contributed by atoms with Crippen molar-refractivity contribution < 1.29 is 28.2 Å². The highest BCUT2D eigenvalue weighted by Crippen LogP contribution is 2.36. The number of halogens is 1. The average molecular weight is 415 g/mol. The maximum atomic E-state index is 13.8. The molecule has 28 heavy (non-hydrogen) atoms. The number of rotatable bonds is 6. The number of ether oxygens (including phenoxy) is 2. The Bertz CT molecular complexity index is 675. The molecule has 0 aromatic heterocycles. The number of para-hydroxylation sites is 1. The van der Waals surface area contributed by atoms with E-state index in [9.17, 15) is 14.3 Å². The van der Waals surface area contributed by atoms with Crippen molar-refractivity contribution >= 4 is 20.1 Å². The molecule has 1 aliphatic heterocycles. The van der Waals surface area contributed by atoms with Crippen molar-refractivity contribution in [3.05, 3.63) is 24.0 Å². The van der Waals surface area contributed by atoms with Gasteiger partial charge >= 0.3 is 6.09 Å². The fourth-order valence-corrected chi connectivity index (χ4v) is 3.65. The molecule has 1 amide bonds. The molecule has 0 radical (unpaired) electrons. The summed E-state index contributed by atoms with van der Waals surface area (Å²) < 4.78 is 31.2. The Kier molecular flexibility index (Phi) is 6.95. The number of nitrogen functional groups attached to an aromatic ring is 1. The summed E-state index contributed by atoms with van der Waals surface area (Å²) in [5.41, 5.74) is 5.91. The molecule has 0 unspecified atom stereocenters. The number of hydrogen-bond donors (Lipinski definition) is 2. The zero-order valence-electron chi connectivity index (χ0n) is 17.2. The Labute approximate surface area is 166 Å². The van der Waals surface area contributed by atoms with Crippen molar-refractivity contribution in [3.8, 4) is 5.75 Å². The van der Waals surface area contributed by atoms with E-state index in [2.05, 4.69) is 33.9 Å². The zero-order valence-corrected chi connectivity index (χ0v) is 18.2. The van der Waals surface area contributed by atoms with E-state index in [0.717, 1.165) is 0 Å². The second-order valence-electron chi connectivity index (χ2n) is 8.58. The van der Waals surface area contributed by atoms with E-state index in [4.69, 9.17) is 19.6 Å². The minimum Gasteiger partial charge on any atom is -0.486 e. The first-order chi connectivity index (χ1) is 12.9. The van der Waals surface area contributed by atoms with Crippen molar-refractivity contribution in [2.75, 3.05) is 32.1 Å². The van der Waals surface area contributed by atoms with Gasteiger partial charge in [0, 0.05) is 0 Å². The Morgan fingerprint density at radius 2 is 2.07 bits per heavy atom. The fraction of sp³-hybridized carbons (Fsp3) is 0.632. The van der Waals surface area contributed by atoms with Gasteiger partial charge < -0.3 is 24.7 Å². The number of anilines is 1. The lowest BCUT2D eigenvalue weighted by atomic mass is 10.2. The van der Waals surface area contributed by atoms with E-state index < -0.39 is 26.3 Å². The highest BCUT2D eigenvalue weighted by Gasteiger charge is 2.40. The van der Waals surface area contributed by atoms with Gasteiger partial charge in [0.05, 0.1) is 31.5 Å². The van der Waals surface area contributed by atoms with Crippen LogP contribution < -0.4 is 10.5 Å². The number of nitrogens with zero attached hydrogens (tertiary/aromatic N) is 1. The van der Waals surface area contributed by atoms with Crippen LogP contribution in [0.2, 0.25) is 18.1 Å². The maximum absolute atomic E-state index is 13.8. The minimum absolute atomic E-state index is 0.00469. The average Bonchev–Trinajstić information content (AvgIpc) is 2.59. The van der Waals surface area contributed by atoms with E-state index in [0.29, 0.717) is 0 Å². The molecule has 0 aliphatic carbocycles. The molecule has 1 aromatic carbocycles. The van der Waals surface area contributed by atoms with Crippen molar-refractivity contribution in [2.24, 2.45) is 0 Å². The van der Waals surface area contributed by atoms with Gasteiger partial charge in [-0.15, -0.1) is 0 Å². The Balaban J connectivity index is 1.96. The van der Waals surface area contributed by atoms with E-state index in [1.54, 1.807) is 0 Å². The molecule has 0 saturated carbocycles. The molecular weight excluding hydrogens is 383 g/mol. The predicted molar refractivity (Wildman–Crippen MR) is 108 cm³/mol. The Hall–Kier alpha value is -1.84. The SMILES string of the molecule is CC(C)(C)[Si](C)(C)OC[C@@H]1CO[C@H](COc2c(N)cccc2F)CN1C(=O)O. The third-order valence-electron chi connectivity index (χ3n) is 5.46. The number of carbonyl (C=O) groups is 1. The lowest BCUT2D eigenvalue weighted by Gasteiger charge is -2.41. The lowest BCUT2D eigenvalue weighted by molar-refractivity contribution is -0.0785. The van der Waals surface area contributed by atoms with Crippen LogP contribution in [0.4, 0.5) is 14.9 Å². The summed E-state index contributed by atoms with van der Waals surface area (Å²) in [6.07, 6.45) is -1.55. The maximum Gasteiger partial charge on any atom is 0.407 e. The van der Waals surface area contributed by atoms with Gasteiger partial charge in [0.15, 0.2) is 19.9 Å². The first-order valence-electron chi connectivity index (χ1n) is 9.34. The predicted octanol–water partition coefficient (Wildman–Crippen LogP) is 3.56. The second kappa shape index (κ2) is 8.67. The molecule has 1 heterocycles. The highest BCUT2D eigenvalue weighted by molar-refractivity contribution is 6.74. The van der Waals surface area contributed by atoms with Crippen molar-refractivity contribution in [3.63, 3.8) is 0 Å². The van der Waals surface area contributed by atoms with Gasteiger partial charge in [-0.1, -0.05) is 26.8 Å². The molecule has 158 valence electrons. The van der Waals surface area contributed by atoms with Gasteiger partial charge in [-0.3, -0.25) is 4.90 Å². The summed E-state index contributed by atoms with van der Waals surface area (Å²) in [6.45, 7) is 11.3. The molecule has 1 saturated heterocycles. The van der Waals surface area contributed by atoms with Crippen molar-refractivity contribution in [2.45, 2.75) is 51.0 Å². The monoisotopic (exact) mass is 414 g/mol. The van der Waals surface area contributed by atoms with E-state index in [1.807, 2.05) is 0 Å². The molecule has 3 N–H and O–H groups in total. The highest BCUT2D eigenvalue weighted by atomic mass is 28.4. The number of amides is 1. The minimum atomic E-state index is -2.00. The number of nitrogens with two attached hydrogens (primary N) is 1. The van der Waals surface area contributed by atoms with E-state index in [-0.39, 0.29) is 48.9 Å². The van der Waals surface area contributed by atoms with Crippen LogP contribution in [0.3, 0.4) is 0 Å². The van der Waals surface area contributed by atoms with Crippen LogP contribution in [-0.4, -0.2) is 62.9 Å². The van der Waals surface area contributed by atoms with Gasteiger partial charge in [0.1, 0.15) is 12.7 Å². The van der Waals surface area contributed by atoms with Gasteiger partial charge in [-0.2, -0.15) is 0 Å². The molecular formula is C19H31FN2O5Si. The molecule has 1 aliphatic rings. The smallest absolute Gasteiger partial charge is 0.407 e. The molecule has 9 heteroatoms. The summed E-state index contributed by atoms with van der Waals surface area (Å²) in [6, 6.07) is 3.90. The molecule has 1 aromatic rings. The molecule has 2 rings (SSSR count). The van der Waals surface area contributed by atoms with Gasteiger partial charge in [0.25, 0.3) is 0 Å². The summed E-state index contributed by atoms with van der Waals surface area (Å²) in [5, 5.41) is 9.63. The number of carboxylic acid groups (broad SMARTS) is 1. The summed E-state index contributed by atoms with van der Waals surface area (Å²) in [5.74, 6) is -0.608. The quantitative estimate of drug-likeness (QED) is 0.546. The van der Waals surface area contributed by atoms with Gasteiger partial charge in [0.2, 0.25) is 0 Å². The molecule has 7 nitrogen and oxygen atoms in total. The third-order valence-corrected chi connectivity index (χ3v) is 9.97. The topological polar surface area (TPSA) is 94.3 Å². The molecule has 1 fully saturated rings. The van der Waals surface area contributed by atoms with Crippen molar-refractivity contribution in [1.82, 2.24) is 4.90 Å². The third kappa shape index (κ3) is 5.36. The molecule has 0 bridgehead atoms. The second-order valence-corrected chi connectivity index (χ2v) is 13.4. The van der Waals surface area contributed by atoms with Crippen LogP contribution in [-0.2, 0) is 9.16 Å². The Morgan fingerprint density at radius 3 is 2.64 bits per heavy atom.